The summed E-state index contributed by atoms with van der Waals surface area (Å²) in [5.41, 5.74) is 3.17. The molecule has 2 aromatic heterocycles. The van der Waals surface area contributed by atoms with Crippen LogP contribution in [0.1, 0.15) is 16.1 Å². The fourth-order valence-electron chi connectivity index (χ4n) is 2.26. The van der Waals surface area contributed by atoms with Gasteiger partial charge in [-0.1, -0.05) is 5.16 Å². The third-order valence-corrected chi connectivity index (χ3v) is 3.54. The van der Waals surface area contributed by atoms with Crippen LogP contribution >= 0.6 is 0 Å². The zero-order valence-electron chi connectivity index (χ0n) is 14.3. The number of amides is 1. The molecule has 0 fully saturated rings. The summed E-state index contributed by atoms with van der Waals surface area (Å²) >= 11 is 0. The molecule has 0 unspecified atom stereocenters. The van der Waals surface area contributed by atoms with Gasteiger partial charge in [0.05, 0.1) is 17.4 Å². The zero-order chi connectivity index (χ0) is 17.8. The van der Waals surface area contributed by atoms with Crippen molar-refractivity contribution in [3.05, 3.63) is 60.1 Å². The second-order valence-corrected chi connectivity index (χ2v) is 5.81. The molecule has 3 rings (SSSR count). The topological polar surface area (TPSA) is 83.3 Å². The van der Waals surface area contributed by atoms with E-state index < -0.39 is 0 Å². The van der Waals surface area contributed by atoms with Gasteiger partial charge < -0.3 is 20.1 Å². The summed E-state index contributed by atoms with van der Waals surface area (Å²) in [5.74, 6) is 0.706. The number of aryl methyl sites for hydroxylation is 1. The largest absolute Gasteiger partial charge is 0.378 e. The van der Waals surface area contributed by atoms with Crippen molar-refractivity contribution in [1.29, 1.82) is 0 Å². The van der Waals surface area contributed by atoms with Gasteiger partial charge in [0.15, 0.2) is 5.82 Å². The number of pyridine rings is 1. The fourth-order valence-corrected chi connectivity index (χ4v) is 2.26. The Kier molecular flexibility index (Phi) is 4.65. The van der Waals surface area contributed by atoms with Crippen LogP contribution in [0.15, 0.2) is 53.3 Å². The Bertz CT molecular complexity index is 871. The first-order chi connectivity index (χ1) is 12.0. The lowest BCUT2D eigenvalue weighted by Crippen LogP contribution is -2.12. The number of nitrogens with zero attached hydrogens (tertiary/aromatic N) is 3. The lowest BCUT2D eigenvalue weighted by Gasteiger charge is -2.13. The molecule has 1 amide bonds. The minimum atomic E-state index is -0.299. The molecule has 0 saturated heterocycles. The standard InChI is InChI=1S/C18H19N5O2/c1-12-8-17(22-25-12)21-18(24)13-9-15(11-19-10-13)20-14-4-6-16(7-5-14)23(2)3/h4-11,20H,1-3H3,(H,21,22,24). The molecular weight excluding hydrogens is 318 g/mol. The van der Waals surface area contributed by atoms with Gasteiger partial charge in [0.1, 0.15) is 5.76 Å². The molecule has 7 heteroatoms. The van der Waals surface area contributed by atoms with E-state index >= 15 is 0 Å². The Morgan fingerprint density at radius 3 is 2.48 bits per heavy atom. The van der Waals surface area contributed by atoms with Gasteiger partial charge in [0.2, 0.25) is 0 Å². The predicted octanol–water partition coefficient (Wildman–Crippen LogP) is 3.44. The number of benzene rings is 1. The number of rotatable bonds is 5. The fraction of sp³-hybridized carbons (Fsp3) is 0.167. The Hall–Kier alpha value is -3.35. The van der Waals surface area contributed by atoms with Gasteiger partial charge in [-0.25, -0.2) is 0 Å². The van der Waals surface area contributed by atoms with Gasteiger partial charge in [0.25, 0.3) is 5.91 Å². The molecule has 0 saturated carbocycles. The van der Waals surface area contributed by atoms with Crippen molar-refractivity contribution in [3.63, 3.8) is 0 Å². The van der Waals surface area contributed by atoms with Gasteiger partial charge in [-0.15, -0.1) is 0 Å². The molecule has 0 spiro atoms. The summed E-state index contributed by atoms with van der Waals surface area (Å²) in [6.45, 7) is 1.76. The molecule has 25 heavy (non-hydrogen) atoms. The number of aromatic nitrogens is 2. The number of hydrogen-bond donors (Lipinski definition) is 2. The third-order valence-electron chi connectivity index (χ3n) is 3.54. The smallest absolute Gasteiger partial charge is 0.258 e. The summed E-state index contributed by atoms with van der Waals surface area (Å²) in [6, 6.07) is 11.4. The zero-order valence-corrected chi connectivity index (χ0v) is 14.3. The lowest BCUT2D eigenvalue weighted by molar-refractivity contribution is 0.102. The summed E-state index contributed by atoms with van der Waals surface area (Å²) < 4.78 is 4.93. The SMILES string of the molecule is Cc1cc(NC(=O)c2cncc(Nc3ccc(N(C)C)cc3)c2)no1. The lowest BCUT2D eigenvalue weighted by atomic mass is 10.2. The number of anilines is 4. The monoisotopic (exact) mass is 337 g/mol. The Morgan fingerprint density at radius 2 is 1.84 bits per heavy atom. The molecule has 0 aliphatic carbocycles. The van der Waals surface area contributed by atoms with Crippen LogP contribution in [0, 0.1) is 6.92 Å². The highest BCUT2D eigenvalue weighted by Gasteiger charge is 2.10. The molecule has 2 N–H and O–H groups in total. The number of carbonyl (C=O) groups is 1. The molecule has 2 heterocycles. The molecule has 1 aromatic carbocycles. The summed E-state index contributed by atoms with van der Waals surface area (Å²) in [4.78, 5) is 18.4. The highest BCUT2D eigenvalue weighted by atomic mass is 16.5. The Morgan fingerprint density at radius 1 is 1.08 bits per heavy atom. The van der Waals surface area contributed by atoms with Gasteiger partial charge in [0, 0.05) is 37.7 Å². The van der Waals surface area contributed by atoms with Crippen LogP contribution in [0.2, 0.25) is 0 Å². The van der Waals surface area contributed by atoms with Crippen LogP contribution in [-0.2, 0) is 0 Å². The highest BCUT2D eigenvalue weighted by molar-refractivity contribution is 6.04. The van der Waals surface area contributed by atoms with Crippen molar-refractivity contribution in [1.82, 2.24) is 10.1 Å². The number of nitrogens with one attached hydrogen (secondary N) is 2. The van der Waals surface area contributed by atoms with Crippen molar-refractivity contribution >= 4 is 28.8 Å². The maximum absolute atomic E-state index is 12.3. The van der Waals surface area contributed by atoms with E-state index in [9.17, 15) is 4.79 Å². The molecular formula is C18H19N5O2. The molecule has 7 nitrogen and oxygen atoms in total. The van der Waals surface area contributed by atoms with Crippen LogP contribution in [-0.4, -0.2) is 30.1 Å². The first-order valence-corrected chi connectivity index (χ1v) is 7.75. The average Bonchev–Trinajstić information content (AvgIpc) is 3.00. The molecule has 3 aromatic rings. The summed E-state index contributed by atoms with van der Waals surface area (Å²) in [5, 5.41) is 9.66. The van der Waals surface area contributed by atoms with E-state index in [1.165, 1.54) is 6.20 Å². The van der Waals surface area contributed by atoms with E-state index in [0.717, 1.165) is 17.1 Å². The minimum Gasteiger partial charge on any atom is -0.378 e. The van der Waals surface area contributed by atoms with Crippen LogP contribution in [0.5, 0.6) is 0 Å². The predicted molar refractivity (Wildman–Crippen MR) is 97.5 cm³/mol. The Labute approximate surface area is 145 Å². The molecule has 128 valence electrons. The van der Waals surface area contributed by atoms with E-state index in [0.29, 0.717) is 17.1 Å². The first-order valence-electron chi connectivity index (χ1n) is 7.75. The van der Waals surface area contributed by atoms with Gasteiger partial charge in [-0.3, -0.25) is 9.78 Å². The quantitative estimate of drug-likeness (QED) is 0.742. The maximum Gasteiger partial charge on any atom is 0.258 e. The van der Waals surface area contributed by atoms with E-state index in [4.69, 9.17) is 4.52 Å². The van der Waals surface area contributed by atoms with Gasteiger partial charge in [-0.2, -0.15) is 0 Å². The molecule has 0 atom stereocenters. The Balaban J connectivity index is 1.71. The van der Waals surface area contributed by atoms with Crippen LogP contribution in [0.3, 0.4) is 0 Å². The average molecular weight is 337 g/mol. The minimum absolute atomic E-state index is 0.299. The highest BCUT2D eigenvalue weighted by Crippen LogP contribution is 2.20. The van der Waals surface area contributed by atoms with Crippen molar-refractivity contribution in [2.24, 2.45) is 0 Å². The summed E-state index contributed by atoms with van der Waals surface area (Å²) in [6.07, 6.45) is 3.17. The van der Waals surface area contributed by atoms with E-state index in [1.807, 2.05) is 43.3 Å². The van der Waals surface area contributed by atoms with Crippen molar-refractivity contribution in [3.8, 4) is 0 Å². The number of carbonyl (C=O) groups excluding carboxylic acids is 1. The second kappa shape index (κ2) is 7.04. The van der Waals surface area contributed by atoms with E-state index in [-0.39, 0.29) is 5.91 Å². The first kappa shape index (κ1) is 16.5. The molecule has 0 aliphatic heterocycles. The van der Waals surface area contributed by atoms with Crippen molar-refractivity contribution in [2.75, 3.05) is 29.6 Å². The molecule has 0 radical (unpaired) electrons. The van der Waals surface area contributed by atoms with E-state index in [2.05, 4.69) is 20.8 Å². The van der Waals surface area contributed by atoms with E-state index in [1.54, 1.807) is 25.3 Å². The van der Waals surface area contributed by atoms with Gasteiger partial charge in [-0.05, 0) is 37.3 Å². The van der Waals surface area contributed by atoms with Crippen LogP contribution in [0.25, 0.3) is 0 Å². The maximum atomic E-state index is 12.3. The summed E-state index contributed by atoms with van der Waals surface area (Å²) in [7, 11) is 3.98. The molecule has 0 aliphatic rings. The normalized spacial score (nSPS) is 10.4. The van der Waals surface area contributed by atoms with Crippen molar-refractivity contribution in [2.45, 2.75) is 6.92 Å². The van der Waals surface area contributed by atoms with Crippen molar-refractivity contribution < 1.29 is 9.32 Å². The van der Waals surface area contributed by atoms with Crippen LogP contribution < -0.4 is 15.5 Å². The second-order valence-electron chi connectivity index (χ2n) is 5.81. The third kappa shape index (κ3) is 4.14. The van der Waals surface area contributed by atoms with Gasteiger partial charge >= 0.3 is 0 Å². The molecule has 0 bridgehead atoms. The van der Waals surface area contributed by atoms with Crippen LogP contribution in [0.4, 0.5) is 22.9 Å². The number of hydrogen-bond acceptors (Lipinski definition) is 6.